The van der Waals surface area contributed by atoms with Crippen LogP contribution in [0.3, 0.4) is 0 Å². The Balaban J connectivity index is 3.33. The maximum absolute atomic E-state index is 11.7. The first-order valence-corrected chi connectivity index (χ1v) is 5.83. The minimum absolute atomic E-state index is 0.111. The van der Waals surface area contributed by atoms with Gasteiger partial charge in [-0.1, -0.05) is 46.3 Å². The fraction of sp³-hybridized carbons (Fsp3) is 0.250. The van der Waals surface area contributed by atoms with Crippen molar-refractivity contribution >= 4 is 33.3 Å². The third-order valence-corrected chi connectivity index (χ3v) is 2.95. The summed E-state index contributed by atoms with van der Waals surface area (Å²) < 4.78 is 0.906. The van der Waals surface area contributed by atoms with Crippen molar-refractivity contribution in [2.45, 2.75) is 19.8 Å². The van der Waals surface area contributed by atoms with Crippen LogP contribution in [-0.2, 0) is 4.79 Å². The first-order chi connectivity index (χ1) is 7.06. The number of ketones is 1. The molecule has 1 aliphatic carbocycles. The average Bonchev–Trinajstić information content (AvgIpc) is 2.27. The molecule has 0 aromatic rings. The van der Waals surface area contributed by atoms with E-state index in [-0.39, 0.29) is 5.78 Å². The van der Waals surface area contributed by atoms with Gasteiger partial charge in [0.25, 0.3) is 0 Å². The van der Waals surface area contributed by atoms with Crippen LogP contribution in [0.15, 0.2) is 45.5 Å². The van der Waals surface area contributed by atoms with Gasteiger partial charge in [-0.05, 0) is 19.4 Å². The highest BCUT2D eigenvalue weighted by Crippen LogP contribution is 2.29. The van der Waals surface area contributed by atoms with Gasteiger partial charge in [-0.2, -0.15) is 0 Å². The van der Waals surface area contributed by atoms with E-state index in [2.05, 4.69) is 22.5 Å². The largest absolute Gasteiger partial charge is 0.294 e. The Morgan fingerprint density at radius 1 is 1.60 bits per heavy atom. The summed E-state index contributed by atoms with van der Waals surface area (Å²) in [6.07, 6.45) is 6.63. The van der Waals surface area contributed by atoms with E-state index in [1.165, 1.54) is 0 Å². The van der Waals surface area contributed by atoms with E-state index in [0.717, 1.165) is 16.5 Å². The van der Waals surface area contributed by atoms with Gasteiger partial charge < -0.3 is 0 Å². The molecule has 0 aliphatic heterocycles. The fourth-order valence-corrected chi connectivity index (χ4v) is 2.09. The number of carbonyl (C=O) groups is 1. The Hall–Kier alpha value is -0.600. The molecule has 0 aromatic heterocycles. The predicted octanol–water partition coefficient (Wildman–Crippen LogP) is 4.25. The molecular weight excluding hydrogens is 275 g/mol. The third kappa shape index (κ3) is 3.18. The van der Waals surface area contributed by atoms with Crippen molar-refractivity contribution in [3.05, 3.63) is 45.5 Å². The number of Topliss-reactive ketones (excluding diaryl/α,β-unsaturated/α-hetero) is 1. The lowest BCUT2D eigenvalue weighted by atomic mass is 10.0. The van der Waals surface area contributed by atoms with Crippen LogP contribution in [0.1, 0.15) is 19.8 Å². The Morgan fingerprint density at radius 3 is 2.80 bits per heavy atom. The molecule has 0 fully saturated rings. The highest BCUT2D eigenvalue weighted by atomic mass is 79.9. The normalized spacial score (nSPS) is 18.7. The van der Waals surface area contributed by atoms with Crippen LogP contribution in [-0.4, -0.2) is 5.78 Å². The third-order valence-electron chi connectivity index (χ3n) is 2.09. The SMILES string of the molecule is C=CC1=C(/C=C(\C)Cl)C(Br)=CCCC1=O. The molecule has 0 atom stereocenters. The summed E-state index contributed by atoms with van der Waals surface area (Å²) in [6.45, 7) is 5.45. The second-order valence-electron chi connectivity index (χ2n) is 3.28. The Labute approximate surface area is 103 Å². The van der Waals surface area contributed by atoms with Crippen LogP contribution < -0.4 is 0 Å². The van der Waals surface area contributed by atoms with Crippen LogP contribution in [0.25, 0.3) is 0 Å². The van der Waals surface area contributed by atoms with E-state index >= 15 is 0 Å². The standard InChI is InChI=1S/C12H12BrClO/c1-3-9-10(7-8(2)14)11(13)5-4-6-12(9)15/h3,5,7H,1,4,6H2,2H3/b8-7+. The molecule has 0 saturated carbocycles. The number of halogens is 2. The quantitative estimate of drug-likeness (QED) is 0.742. The molecule has 80 valence electrons. The summed E-state index contributed by atoms with van der Waals surface area (Å²) >= 11 is 9.27. The van der Waals surface area contributed by atoms with Gasteiger partial charge in [0.15, 0.2) is 5.78 Å². The maximum Gasteiger partial charge on any atom is 0.163 e. The van der Waals surface area contributed by atoms with Crippen LogP contribution in [0.4, 0.5) is 0 Å². The summed E-state index contributed by atoms with van der Waals surface area (Å²) in [5.41, 5.74) is 1.45. The van der Waals surface area contributed by atoms with Gasteiger partial charge >= 0.3 is 0 Å². The minimum atomic E-state index is 0.111. The second-order valence-corrected chi connectivity index (χ2v) is 4.73. The molecule has 0 amide bonds. The first kappa shape index (κ1) is 12.5. The Bertz CT molecular complexity index is 384. The summed E-state index contributed by atoms with van der Waals surface area (Å²) in [5, 5.41) is 0.643. The summed E-state index contributed by atoms with van der Waals surface area (Å²) in [6, 6.07) is 0. The molecule has 0 N–H and O–H groups in total. The van der Waals surface area contributed by atoms with Gasteiger partial charge in [0.2, 0.25) is 0 Å². The highest BCUT2D eigenvalue weighted by molar-refractivity contribution is 9.12. The second kappa shape index (κ2) is 5.47. The number of hydrogen-bond donors (Lipinski definition) is 0. The van der Waals surface area contributed by atoms with Gasteiger partial charge in [0.05, 0.1) is 0 Å². The summed E-state index contributed by atoms with van der Waals surface area (Å²) in [7, 11) is 0. The van der Waals surface area contributed by atoms with Gasteiger partial charge in [-0.25, -0.2) is 0 Å². The van der Waals surface area contributed by atoms with E-state index in [0.29, 0.717) is 17.0 Å². The number of rotatable bonds is 2. The maximum atomic E-state index is 11.7. The lowest BCUT2D eigenvalue weighted by molar-refractivity contribution is -0.115. The van der Waals surface area contributed by atoms with Crippen molar-refractivity contribution in [2.75, 3.05) is 0 Å². The van der Waals surface area contributed by atoms with E-state index in [4.69, 9.17) is 11.6 Å². The number of hydrogen-bond acceptors (Lipinski definition) is 1. The zero-order valence-electron chi connectivity index (χ0n) is 8.52. The molecule has 1 aliphatic rings. The van der Waals surface area contributed by atoms with Crippen molar-refractivity contribution < 1.29 is 4.79 Å². The smallest absolute Gasteiger partial charge is 0.163 e. The van der Waals surface area contributed by atoms with E-state index in [9.17, 15) is 4.79 Å². The Kier molecular flexibility index (Phi) is 4.55. The van der Waals surface area contributed by atoms with Crippen molar-refractivity contribution in [3.63, 3.8) is 0 Å². The van der Waals surface area contributed by atoms with Crippen LogP contribution in [0.2, 0.25) is 0 Å². The monoisotopic (exact) mass is 286 g/mol. The molecule has 0 heterocycles. The molecule has 15 heavy (non-hydrogen) atoms. The molecule has 1 nitrogen and oxygen atoms in total. The van der Waals surface area contributed by atoms with Crippen LogP contribution >= 0.6 is 27.5 Å². The molecule has 0 spiro atoms. The number of carbonyl (C=O) groups excluding carboxylic acids is 1. The average molecular weight is 288 g/mol. The minimum Gasteiger partial charge on any atom is -0.294 e. The van der Waals surface area contributed by atoms with E-state index in [1.807, 2.05) is 6.08 Å². The molecule has 0 saturated heterocycles. The molecule has 3 heteroatoms. The van der Waals surface area contributed by atoms with Gasteiger partial charge in [-0.3, -0.25) is 4.79 Å². The Morgan fingerprint density at radius 2 is 2.27 bits per heavy atom. The zero-order chi connectivity index (χ0) is 11.4. The van der Waals surface area contributed by atoms with Gasteiger partial charge in [-0.15, -0.1) is 0 Å². The molecule has 0 unspecified atom stereocenters. The number of allylic oxidation sites excluding steroid dienone is 7. The summed E-state index contributed by atoms with van der Waals surface area (Å²) in [4.78, 5) is 11.7. The van der Waals surface area contributed by atoms with Crippen molar-refractivity contribution in [3.8, 4) is 0 Å². The molecule has 0 radical (unpaired) electrons. The first-order valence-electron chi connectivity index (χ1n) is 4.66. The van der Waals surface area contributed by atoms with Gasteiger partial charge in [0.1, 0.15) is 0 Å². The van der Waals surface area contributed by atoms with Crippen LogP contribution in [0.5, 0.6) is 0 Å². The van der Waals surface area contributed by atoms with Crippen LogP contribution in [0, 0.1) is 0 Å². The lowest BCUT2D eigenvalue weighted by Gasteiger charge is -2.04. The molecule has 0 aromatic carbocycles. The highest BCUT2D eigenvalue weighted by Gasteiger charge is 2.16. The van der Waals surface area contributed by atoms with Gasteiger partial charge in [0, 0.05) is 27.1 Å². The fourth-order valence-electron chi connectivity index (χ4n) is 1.42. The molecule has 0 bridgehead atoms. The topological polar surface area (TPSA) is 17.1 Å². The van der Waals surface area contributed by atoms with Crippen molar-refractivity contribution in [2.24, 2.45) is 0 Å². The van der Waals surface area contributed by atoms with Crippen molar-refractivity contribution in [1.82, 2.24) is 0 Å². The zero-order valence-corrected chi connectivity index (χ0v) is 10.9. The summed E-state index contributed by atoms with van der Waals surface area (Å²) in [5.74, 6) is 0.111. The lowest BCUT2D eigenvalue weighted by Crippen LogP contribution is -2.00. The van der Waals surface area contributed by atoms with Crippen molar-refractivity contribution in [1.29, 1.82) is 0 Å². The molecular formula is C12H12BrClO. The van der Waals surface area contributed by atoms with E-state index in [1.54, 1.807) is 19.1 Å². The van der Waals surface area contributed by atoms with E-state index < -0.39 is 0 Å². The predicted molar refractivity (Wildman–Crippen MR) is 68.1 cm³/mol. The molecule has 1 rings (SSSR count).